The second-order valence-corrected chi connectivity index (χ2v) is 6.51. The number of nitrogens with one attached hydrogen (secondary N) is 1. The Morgan fingerprint density at radius 3 is 2.43 bits per heavy atom. The number of rotatable bonds is 5. The van der Waals surface area contributed by atoms with Crippen molar-refractivity contribution in [3.05, 3.63) is 53.6 Å². The first-order valence-electron chi connectivity index (χ1n) is 6.65. The molecule has 1 atom stereocenters. The molecular weight excluding hydrogens is 344 g/mol. The molecule has 3 nitrogen and oxygen atoms in total. The smallest absolute Gasteiger partial charge is 0.275 e. The summed E-state index contributed by atoms with van der Waals surface area (Å²) in [5.41, 5.74) is -2.61. The van der Waals surface area contributed by atoms with Crippen molar-refractivity contribution in [2.24, 2.45) is 0 Å². The summed E-state index contributed by atoms with van der Waals surface area (Å²) in [7, 11) is 0. The molecule has 1 unspecified atom stereocenters. The van der Waals surface area contributed by atoms with Crippen LogP contribution in [-0.2, 0) is 4.79 Å². The second kappa shape index (κ2) is 7.29. The van der Waals surface area contributed by atoms with E-state index in [1.165, 1.54) is 17.8 Å². The Bertz CT molecular complexity index is 696. The van der Waals surface area contributed by atoms with Crippen LogP contribution in [0.4, 0.5) is 14.5 Å². The third-order valence-corrected chi connectivity index (χ3v) is 4.36. The molecule has 1 amide bonds. The lowest BCUT2D eigenvalue weighted by molar-refractivity contribution is -0.148. The Morgan fingerprint density at radius 2 is 1.87 bits per heavy atom. The number of aliphatic hydroxyl groups is 1. The molecular formula is C16H14ClF2NO2S. The molecule has 0 aliphatic rings. The summed E-state index contributed by atoms with van der Waals surface area (Å²) in [5.74, 6) is -1.21. The molecule has 23 heavy (non-hydrogen) atoms. The second-order valence-electron chi connectivity index (χ2n) is 4.96. The van der Waals surface area contributed by atoms with E-state index in [9.17, 15) is 18.7 Å². The minimum atomic E-state index is -3.20. The molecule has 2 aromatic carbocycles. The van der Waals surface area contributed by atoms with E-state index in [1.54, 1.807) is 12.1 Å². The van der Waals surface area contributed by atoms with Gasteiger partial charge in [0.15, 0.2) is 0 Å². The molecule has 0 saturated heterocycles. The van der Waals surface area contributed by atoms with Crippen LogP contribution in [0.3, 0.4) is 0 Å². The topological polar surface area (TPSA) is 49.3 Å². The summed E-state index contributed by atoms with van der Waals surface area (Å²) in [6.07, 6.45) is -3.20. The first-order valence-corrected chi connectivity index (χ1v) is 7.84. The van der Waals surface area contributed by atoms with Gasteiger partial charge in [-0.05, 0) is 37.3 Å². The van der Waals surface area contributed by atoms with Gasteiger partial charge in [-0.15, -0.1) is 0 Å². The fraction of sp³-hybridized carbons (Fsp3) is 0.188. The van der Waals surface area contributed by atoms with Gasteiger partial charge in [0.25, 0.3) is 12.3 Å². The molecule has 0 aromatic heterocycles. The first kappa shape index (κ1) is 17.7. The monoisotopic (exact) mass is 357 g/mol. The minimum absolute atomic E-state index is 0.162. The number of hydrogen-bond donors (Lipinski definition) is 2. The normalized spacial score (nSPS) is 13.7. The number of amides is 1. The van der Waals surface area contributed by atoms with Crippen molar-refractivity contribution in [1.29, 1.82) is 0 Å². The fourth-order valence-corrected chi connectivity index (χ4v) is 2.80. The Labute approximate surface area is 141 Å². The molecule has 0 bridgehead atoms. The zero-order chi connectivity index (χ0) is 17.0. The van der Waals surface area contributed by atoms with Gasteiger partial charge in [-0.1, -0.05) is 41.6 Å². The SMILES string of the molecule is CC(O)(C(=O)Nc1ccc(Sc2ccccc2)cc1Cl)C(F)F. The lowest BCUT2D eigenvalue weighted by Gasteiger charge is -2.21. The van der Waals surface area contributed by atoms with E-state index in [2.05, 4.69) is 5.32 Å². The van der Waals surface area contributed by atoms with Crippen molar-refractivity contribution in [3.63, 3.8) is 0 Å². The van der Waals surface area contributed by atoms with Crippen LogP contribution in [0.1, 0.15) is 6.92 Å². The minimum Gasteiger partial charge on any atom is -0.375 e. The molecule has 0 heterocycles. The van der Waals surface area contributed by atoms with E-state index < -0.39 is 17.9 Å². The summed E-state index contributed by atoms with van der Waals surface area (Å²) < 4.78 is 25.3. The number of benzene rings is 2. The van der Waals surface area contributed by atoms with Crippen LogP contribution in [0.25, 0.3) is 0 Å². The summed E-state index contributed by atoms with van der Waals surface area (Å²) in [4.78, 5) is 13.5. The van der Waals surface area contributed by atoms with E-state index in [-0.39, 0.29) is 10.7 Å². The highest BCUT2D eigenvalue weighted by Crippen LogP contribution is 2.33. The van der Waals surface area contributed by atoms with E-state index >= 15 is 0 Å². The summed E-state index contributed by atoms with van der Waals surface area (Å²) in [6, 6.07) is 14.4. The van der Waals surface area contributed by atoms with Crippen LogP contribution in [0.15, 0.2) is 58.3 Å². The predicted molar refractivity (Wildman–Crippen MR) is 87.3 cm³/mol. The maximum absolute atomic E-state index is 12.6. The Kier molecular flexibility index (Phi) is 5.62. The van der Waals surface area contributed by atoms with Crippen molar-refractivity contribution in [2.75, 3.05) is 5.32 Å². The van der Waals surface area contributed by atoms with E-state index in [0.29, 0.717) is 0 Å². The zero-order valence-corrected chi connectivity index (χ0v) is 13.7. The summed E-state index contributed by atoms with van der Waals surface area (Å²) in [6.45, 7) is 0.751. The van der Waals surface area contributed by atoms with Gasteiger partial charge in [-0.3, -0.25) is 4.79 Å². The van der Waals surface area contributed by atoms with Crippen LogP contribution in [0.5, 0.6) is 0 Å². The average molecular weight is 358 g/mol. The molecule has 2 N–H and O–H groups in total. The number of carbonyl (C=O) groups is 1. The third kappa shape index (κ3) is 4.43. The van der Waals surface area contributed by atoms with Crippen LogP contribution in [0, 0.1) is 0 Å². The van der Waals surface area contributed by atoms with Crippen molar-refractivity contribution in [1.82, 2.24) is 0 Å². The number of halogens is 3. The molecule has 0 aliphatic carbocycles. The van der Waals surface area contributed by atoms with Crippen molar-refractivity contribution in [2.45, 2.75) is 28.7 Å². The van der Waals surface area contributed by atoms with Crippen molar-refractivity contribution < 1.29 is 18.7 Å². The van der Waals surface area contributed by atoms with Crippen LogP contribution < -0.4 is 5.32 Å². The van der Waals surface area contributed by atoms with E-state index in [4.69, 9.17) is 11.6 Å². The quantitative estimate of drug-likeness (QED) is 0.831. The van der Waals surface area contributed by atoms with Gasteiger partial charge in [0.1, 0.15) is 0 Å². The summed E-state index contributed by atoms with van der Waals surface area (Å²) in [5, 5.41) is 11.9. The van der Waals surface area contributed by atoms with Crippen molar-refractivity contribution in [3.8, 4) is 0 Å². The van der Waals surface area contributed by atoms with E-state index in [0.717, 1.165) is 16.7 Å². The maximum atomic E-state index is 12.6. The fourth-order valence-electron chi connectivity index (χ4n) is 1.63. The average Bonchev–Trinajstić information content (AvgIpc) is 2.50. The highest BCUT2D eigenvalue weighted by atomic mass is 35.5. The molecule has 2 aromatic rings. The Hall–Kier alpha value is -1.63. The number of carbonyl (C=O) groups excluding carboxylic acids is 1. The molecule has 2 rings (SSSR count). The van der Waals surface area contributed by atoms with Crippen molar-refractivity contribution >= 4 is 35.0 Å². The molecule has 122 valence electrons. The molecule has 0 fully saturated rings. The Morgan fingerprint density at radius 1 is 1.22 bits per heavy atom. The van der Waals surface area contributed by atoms with Crippen LogP contribution in [-0.4, -0.2) is 23.0 Å². The third-order valence-electron chi connectivity index (χ3n) is 3.05. The molecule has 0 spiro atoms. The van der Waals surface area contributed by atoms with Gasteiger partial charge in [-0.2, -0.15) is 0 Å². The highest BCUT2D eigenvalue weighted by Gasteiger charge is 2.40. The lowest BCUT2D eigenvalue weighted by Crippen LogP contribution is -2.46. The number of alkyl halides is 2. The zero-order valence-electron chi connectivity index (χ0n) is 12.1. The Balaban J connectivity index is 2.12. The molecule has 0 aliphatic heterocycles. The maximum Gasteiger partial charge on any atom is 0.275 e. The predicted octanol–water partition coefficient (Wildman–Crippen LogP) is 4.45. The van der Waals surface area contributed by atoms with Crippen LogP contribution >= 0.6 is 23.4 Å². The lowest BCUT2D eigenvalue weighted by atomic mass is 10.1. The number of anilines is 1. The number of hydrogen-bond acceptors (Lipinski definition) is 3. The first-order chi connectivity index (χ1) is 10.8. The van der Waals surface area contributed by atoms with E-state index in [1.807, 2.05) is 30.3 Å². The van der Waals surface area contributed by atoms with Gasteiger partial charge < -0.3 is 10.4 Å². The van der Waals surface area contributed by atoms with Gasteiger partial charge >= 0.3 is 0 Å². The van der Waals surface area contributed by atoms with Crippen LogP contribution in [0.2, 0.25) is 5.02 Å². The molecule has 0 radical (unpaired) electrons. The van der Waals surface area contributed by atoms with Gasteiger partial charge in [0.05, 0.1) is 10.7 Å². The molecule has 0 saturated carbocycles. The largest absolute Gasteiger partial charge is 0.375 e. The highest BCUT2D eigenvalue weighted by molar-refractivity contribution is 7.99. The molecule has 7 heteroatoms. The standard InChI is InChI=1S/C16H14ClF2NO2S/c1-16(22,14(18)19)15(21)20-13-8-7-11(9-12(13)17)23-10-5-3-2-4-6-10/h2-9,14,22H,1H3,(H,20,21). The van der Waals surface area contributed by atoms with Gasteiger partial charge in [-0.25, -0.2) is 8.78 Å². The summed E-state index contributed by atoms with van der Waals surface area (Å²) >= 11 is 7.55. The van der Waals surface area contributed by atoms with Gasteiger partial charge in [0.2, 0.25) is 5.60 Å². The van der Waals surface area contributed by atoms with Gasteiger partial charge in [0, 0.05) is 9.79 Å².